The average molecular weight is 292 g/mol. The molecule has 0 spiro atoms. The number of hydrogen-bond donors (Lipinski definition) is 1. The van der Waals surface area contributed by atoms with Gasteiger partial charge in [-0.05, 0) is 25.5 Å². The molecule has 0 radical (unpaired) electrons. The molecule has 1 heterocycles. The summed E-state index contributed by atoms with van der Waals surface area (Å²) in [5.74, 6) is -1.04. The molecule has 0 aliphatic carbocycles. The topological polar surface area (TPSA) is 70.1 Å². The number of rotatable bonds is 2. The zero-order valence-electron chi connectivity index (χ0n) is 12.5. The lowest BCUT2D eigenvalue weighted by atomic mass is 10.1. The van der Waals surface area contributed by atoms with Gasteiger partial charge in [0.25, 0.3) is 0 Å². The fourth-order valence-electron chi connectivity index (χ4n) is 2.47. The summed E-state index contributed by atoms with van der Waals surface area (Å²) in [6.07, 6.45) is -0.949. The molecule has 2 rings (SSSR count). The van der Waals surface area contributed by atoms with Crippen LogP contribution in [0, 0.1) is 13.8 Å². The molecule has 2 amide bonds. The monoisotopic (exact) mass is 292 g/mol. The fraction of sp³-hybridized carbons (Fsp3) is 0.467. The van der Waals surface area contributed by atoms with Crippen molar-refractivity contribution in [3.63, 3.8) is 0 Å². The third-order valence-corrected chi connectivity index (χ3v) is 3.61. The average Bonchev–Trinajstić information content (AvgIpc) is 2.46. The maximum Gasteiger partial charge on any atom is 0.334 e. The Labute approximate surface area is 123 Å². The first-order valence-corrected chi connectivity index (χ1v) is 6.84. The predicted molar refractivity (Wildman–Crippen MR) is 78.7 cm³/mol. The maximum atomic E-state index is 12.5. The van der Waals surface area contributed by atoms with Gasteiger partial charge in [0.05, 0.1) is 13.2 Å². The van der Waals surface area contributed by atoms with Crippen molar-refractivity contribution in [1.82, 2.24) is 4.90 Å². The highest BCUT2D eigenvalue weighted by Gasteiger charge is 2.30. The number of aryl methyl sites for hydroxylation is 2. The number of benzene rings is 1. The van der Waals surface area contributed by atoms with E-state index in [2.05, 4.69) is 0 Å². The number of carbonyl (C=O) groups excluding carboxylic acids is 1. The van der Waals surface area contributed by atoms with Crippen LogP contribution in [0.3, 0.4) is 0 Å². The van der Waals surface area contributed by atoms with E-state index in [0.717, 1.165) is 16.8 Å². The van der Waals surface area contributed by atoms with E-state index < -0.39 is 12.1 Å². The zero-order chi connectivity index (χ0) is 15.6. The molecule has 1 aliphatic rings. The Kier molecular flexibility index (Phi) is 4.47. The normalized spacial score (nSPS) is 18.4. The van der Waals surface area contributed by atoms with Gasteiger partial charge in [0.1, 0.15) is 0 Å². The summed E-state index contributed by atoms with van der Waals surface area (Å²) in [5, 5.41) is 8.99. The van der Waals surface area contributed by atoms with Crippen molar-refractivity contribution in [1.29, 1.82) is 0 Å². The fourth-order valence-corrected chi connectivity index (χ4v) is 2.47. The molecule has 1 aliphatic heterocycles. The van der Waals surface area contributed by atoms with Crippen LogP contribution in [0.1, 0.15) is 11.1 Å². The van der Waals surface area contributed by atoms with Crippen LogP contribution in [0.4, 0.5) is 10.5 Å². The van der Waals surface area contributed by atoms with Gasteiger partial charge in [-0.15, -0.1) is 0 Å². The molecule has 1 atom stereocenters. The lowest BCUT2D eigenvalue weighted by Gasteiger charge is -2.34. The number of ether oxygens (including phenoxy) is 1. The highest BCUT2D eigenvalue weighted by Crippen LogP contribution is 2.21. The summed E-state index contributed by atoms with van der Waals surface area (Å²) in [7, 11) is 1.70. The molecular formula is C15H20N2O4. The molecule has 0 saturated carbocycles. The predicted octanol–water partition coefficient (Wildman–Crippen LogP) is 1.65. The SMILES string of the molecule is Cc1ccc(N(C)C(=O)N2CCOC(C(=O)O)C2)c(C)c1. The second kappa shape index (κ2) is 6.13. The Morgan fingerprint density at radius 3 is 2.71 bits per heavy atom. The van der Waals surface area contributed by atoms with Gasteiger partial charge in [-0.25, -0.2) is 9.59 Å². The third-order valence-electron chi connectivity index (χ3n) is 3.61. The second-order valence-corrected chi connectivity index (χ2v) is 5.28. The number of aliphatic carboxylic acids is 1. The van der Waals surface area contributed by atoms with Gasteiger partial charge in [0, 0.05) is 19.3 Å². The first-order chi connectivity index (χ1) is 9.90. The Morgan fingerprint density at radius 2 is 2.10 bits per heavy atom. The van der Waals surface area contributed by atoms with Gasteiger partial charge >= 0.3 is 12.0 Å². The highest BCUT2D eigenvalue weighted by molar-refractivity contribution is 5.92. The number of hydrogen-bond acceptors (Lipinski definition) is 3. The van der Waals surface area contributed by atoms with E-state index in [1.54, 1.807) is 11.9 Å². The van der Waals surface area contributed by atoms with Gasteiger partial charge in [0.15, 0.2) is 6.10 Å². The first-order valence-electron chi connectivity index (χ1n) is 6.84. The first kappa shape index (κ1) is 15.3. The highest BCUT2D eigenvalue weighted by atomic mass is 16.5. The number of morpholine rings is 1. The van der Waals surface area contributed by atoms with Crippen LogP contribution in [-0.4, -0.2) is 54.9 Å². The van der Waals surface area contributed by atoms with Crippen LogP contribution in [0.25, 0.3) is 0 Å². The molecule has 0 aromatic heterocycles. The minimum absolute atomic E-state index is 0.0728. The van der Waals surface area contributed by atoms with Crippen molar-refractivity contribution in [2.24, 2.45) is 0 Å². The van der Waals surface area contributed by atoms with Crippen molar-refractivity contribution in [3.05, 3.63) is 29.3 Å². The van der Waals surface area contributed by atoms with Crippen molar-refractivity contribution in [3.8, 4) is 0 Å². The molecule has 1 aromatic rings. The molecule has 1 fully saturated rings. The smallest absolute Gasteiger partial charge is 0.334 e. The van der Waals surface area contributed by atoms with E-state index in [1.165, 1.54) is 4.90 Å². The molecular weight excluding hydrogens is 272 g/mol. The van der Waals surface area contributed by atoms with Crippen molar-refractivity contribution >= 4 is 17.7 Å². The van der Waals surface area contributed by atoms with E-state index in [-0.39, 0.29) is 19.2 Å². The number of anilines is 1. The van der Waals surface area contributed by atoms with E-state index in [9.17, 15) is 9.59 Å². The molecule has 21 heavy (non-hydrogen) atoms. The van der Waals surface area contributed by atoms with E-state index in [0.29, 0.717) is 6.54 Å². The summed E-state index contributed by atoms with van der Waals surface area (Å²) in [5.41, 5.74) is 2.97. The van der Waals surface area contributed by atoms with Crippen molar-refractivity contribution in [2.45, 2.75) is 20.0 Å². The number of amides is 2. The maximum absolute atomic E-state index is 12.5. The van der Waals surface area contributed by atoms with Crippen LogP contribution >= 0.6 is 0 Å². The number of nitrogens with zero attached hydrogens (tertiary/aromatic N) is 2. The molecule has 1 unspecified atom stereocenters. The van der Waals surface area contributed by atoms with Crippen LogP contribution in [0.5, 0.6) is 0 Å². The van der Waals surface area contributed by atoms with Gasteiger partial charge in [-0.1, -0.05) is 17.7 Å². The van der Waals surface area contributed by atoms with Gasteiger partial charge in [0.2, 0.25) is 0 Å². The summed E-state index contributed by atoms with van der Waals surface area (Å²) >= 11 is 0. The van der Waals surface area contributed by atoms with E-state index >= 15 is 0 Å². The molecule has 114 valence electrons. The summed E-state index contributed by atoms with van der Waals surface area (Å²) in [6, 6.07) is 5.65. The van der Waals surface area contributed by atoms with Crippen LogP contribution < -0.4 is 4.90 Å². The second-order valence-electron chi connectivity index (χ2n) is 5.28. The minimum Gasteiger partial charge on any atom is -0.479 e. The lowest BCUT2D eigenvalue weighted by molar-refractivity contribution is -0.154. The zero-order valence-corrected chi connectivity index (χ0v) is 12.5. The number of carbonyl (C=O) groups is 2. The largest absolute Gasteiger partial charge is 0.479 e. The van der Waals surface area contributed by atoms with Gasteiger partial charge in [-0.3, -0.25) is 4.90 Å². The van der Waals surface area contributed by atoms with Crippen molar-refractivity contribution in [2.75, 3.05) is 31.6 Å². The Hall–Kier alpha value is -2.08. The van der Waals surface area contributed by atoms with Gasteiger partial charge in [-0.2, -0.15) is 0 Å². The van der Waals surface area contributed by atoms with Crippen molar-refractivity contribution < 1.29 is 19.4 Å². The number of carboxylic acid groups (broad SMARTS) is 1. The van der Waals surface area contributed by atoms with Crippen LogP contribution in [0.15, 0.2) is 18.2 Å². The Bertz CT molecular complexity index is 559. The standard InChI is InChI=1S/C15H20N2O4/c1-10-4-5-12(11(2)8-10)16(3)15(20)17-6-7-21-13(9-17)14(18)19/h4-5,8,13H,6-7,9H2,1-3H3,(H,18,19). The molecule has 0 bridgehead atoms. The lowest BCUT2D eigenvalue weighted by Crippen LogP contribution is -2.52. The summed E-state index contributed by atoms with van der Waals surface area (Å²) in [6.45, 7) is 4.66. The van der Waals surface area contributed by atoms with Crippen LogP contribution in [0.2, 0.25) is 0 Å². The Balaban J connectivity index is 2.13. The summed E-state index contributed by atoms with van der Waals surface area (Å²) in [4.78, 5) is 26.6. The van der Waals surface area contributed by atoms with E-state index in [4.69, 9.17) is 9.84 Å². The Morgan fingerprint density at radius 1 is 1.38 bits per heavy atom. The molecule has 1 saturated heterocycles. The molecule has 1 aromatic carbocycles. The minimum atomic E-state index is -1.04. The molecule has 6 heteroatoms. The third kappa shape index (κ3) is 3.33. The number of urea groups is 1. The quantitative estimate of drug-likeness (QED) is 0.899. The molecule has 6 nitrogen and oxygen atoms in total. The van der Waals surface area contributed by atoms with Crippen LogP contribution in [-0.2, 0) is 9.53 Å². The number of carboxylic acids is 1. The van der Waals surface area contributed by atoms with Gasteiger partial charge < -0.3 is 14.7 Å². The summed E-state index contributed by atoms with van der Waals surface area (Å²) < 4.78 is 5.13. The van der Waals surface area contributed by atoms with E-state index in [1.807, 2.05) is 32.0 Å². The molecule has 1 N–H and O–H groups in total.